The fourth-order valence-corrected chi connectivity index (χ4v) is 7.37. The van der Waals surface area contributed by atoms with Gasteiger partial charge in [-0.1, -0.05) is 36.0 Å². The second kappa shape index (κ2) is 7.57. The van der Waals surface area contributed by atoms with Crippen molar-refractivity contribution >= 4 is 44.9 Å². The number of aromatic nitrogens is 4. The second-order valence-corrected chi connectivity index (χ2v) is 11.2. The summed E-state index contributed by atoms with van der Waals surface area (Å²) in [5, 5.41) is 3.29. The molecule has 1 aromatic carbocycles. The topological polar surface area (TPSA) is 46.3 Å². The summed E-state index contributed by atoms with van der Waals surface area (Å²) in [5.41, 5.74) is 4.51. The Balaban J connectivity index is 1.15. The van der Waals surface area contributed by atoms with Crippen LogP contribution in [0.25, 0.3) is 15.9 Å². The summed E-state index contributed by atoms with van der Waals surface area (Å²) in [7, 11) is 0. The van der Waals surface area contributed by atoms with E-state index < -0.39 is 0 Å². The van der Waals surface area contributed by atoms with Gasteiger partial charge in [0.2, 0.25) is 5.95 Å². The van der Waals surface area contributed by atoms with Gasteiger partial charge in [-0.25, -0.2) is 15.0 Å². The van der Waals surface area contributed by atoms with Crippen LogP contribution in [0.5, 0.6) is 0 Å². The van der Waals surface area contributed by atoms with Gasteiger partial charge in [0.25, 0.3) is 0 Å². The minimum Gasteiger partial charge on any atom is -0.342 e. The number of piperidine rings is 1. The molecule has 7 heteroatoms. The molecule has 0 radical (unpaired) electrons. The molecule has 1 aliphatic heterocycles. The van der Waals surface area contributed by atoms with Crippen LogP contribution in [-0.4, -0.2) is 32.4 Å². The Kier molecular flexibility index (Phi) is 4.49. The third kappa shape index (κ3) is 3.25. The van der Waals surface area contributed by atoms with Crippen LogP contribution in [0.3, 0.4) is 0 Å². The molecule has 1 aliphatic carbocycles. The van der Waals surface area contributed by atoms with Gasteiger partial charge in [0.1, 0.15) is 4.83 Å². The molecule has 5 heterocycles. The minimum absolute atomic E-state index is 0.428. The van der Waals surface area contributed by atoms with E-state index in [2.05, 4.69) is 56.1 Å². The van der Waals surface area contributed by atoms with Crippen molar-refractivity contribution in [3.63, 3.8) is 0 Å². The summed E-state index contributed by atoms with van der Waals surface area (Å²) < 4.78 is 2.16. The van der Waals surface area contributed by atoms with Gasteiger partial charge in [0, 0.05) is 48.2 Å². The van der Waals surface area contributed by atoms with Crippen molar-refractivity contribution in [3.05, 3.63) is 77.7 Å². The summed E-state index contributed by atoms with van der Waals surface area (Å²) in [4.78, 5) is 19.9. The molecule has 164 valence electrons. The predicted octanol–water partition coefficient (Wildman–Crippen LogP) is 5.88. The van der Waals surface area contributed by atoms with E-state index in [-0.39, 0.29) is 0 Å². The number of thiophene rings is 1. The molecule has 0 saturated carbocycles. The zero-order valence-corrected chi connectivity index (χ0v) is 19.8. The van der Waals surface area contributed by atoms with Gasteiger partial charge in [-0.15, -0.1) is 11.3 Å². The Morgan fingerprint density at radius 2 is 1.70 bits per heavy atom. The summed E-state index contributed by atoms with van der Waals surface area (Å²) in [5.74, 6) is 1.01. The van der Waals surface area contributed by atoms with Crippen LogP contribution in [0.1, 0.15) is 24.0 Å². The molecule has 2 aliphatic rings. The molecule has 1 spiro atoms. The lowest BCUT2D eigenvalue weighted by Crippen LogP contribution is -2.41. The number of anilines is 1. The Labute approximate surface area is 200 Å². The summed E-state index contributed by atoms with van der Waals surface area (Å²) >= 11 is 3.40. The molecule has 0 atom stereocenters. The standard InChI is InChI=1S/C26H23N5S2/c1-2-4-19-16-26(15-18(19)3-1)7-11-30(12-8-26)25-29-17-22(23-27-10-13-31(23)25)33-21-5-9-28-24-20(21)6-14-32-24/h1-6,9-10,13-14,17H,7-8,11-12,15-16H2. The molecule has 5 nitrogen and oxygen atoms in total. The number of rotatable bonds is 3. The van der Waals surface area contributed by atoms with E-state index in [9.17, 15) is 0 Å². The molecule has 7 rings (SSSR count). The number of pyridine rings is 1. The van der Waals surface area contributed by atoms with Crippen LogP contribution in [-0.2, 0) is 12.8 Å². The molecule has 1 saturated heterocycles. The van der Waals surface area contributed by atoms with Gasteiger partial charge in [-0.05, 0) is 59.7 Å². The quantitative estimate of drug-likeness (QED) is 0.330. The van der Waals surface area contributed by atoms with E-state index in [0.29, 0.717) is 5.41 Å². The summed E-state index contributed by atoms with van der Waals surface area (Å²) in [6.45, 7) is 2.08. The SMILES string of the molecule is c1ccc2c(c1)CC1(CCN(c3ncc(Sc4ccnc5sccc45)c4nccn34)CC1)C2. The zero-order valence-electron chi connectivity index (χ0n) is 18.1. The normalized spacial score (nSPS) is 17.3. The Hall–Kier alpha value is -2.90. The maximum atomic E-state index is 4.94. The Bertz CT molecular complexity index is 1450. The van der Waals surface area contributed by atoms with E-state index in [0.717, 1.165) is 34.4 Å². The maximum Gasteiger partial charge on any atom is 0.211 e. The van der Waals surface area contributed by atoms with E-state index >= 15 is 0 Å². The number of benzene rings is 1. The van der Waals surface area contributed by atoms with Crippen molar-refractivity contribution in [2.75, 3.05) is 18.0 Å². The van der Waals surface area contributed by atoms with Crippen LogP contribution in [0.2, 0.25) is 0 Å². The van der Waals surface area contributed by atoms with Gasteiger partial charge >= 0.3 is 0 Å². The fourth-order valence-electron chi connectivity index (χ4n) is 5.56. The molecule has 0 N–H and O–H groups in total. The van der Waals surface area contributed by atoms with Crippen molar-refractivity contribution in [2.24, 2.45) is 5.41 Å². The van der Waals surface area contributed by atoms with E-state index in [1.165, 1.54) is 36.0 Å². The largest absolute Gasteiger partial charge is 0.342 e. The first-order valence-electron chi connectivity index (χ1n) is 11.4. The monoisotopic (exact) mass is 469 g/mol. The fraction of sp³-hybridized carbons (Fsp3) is 0.269. The lowest BCUT2D eigenvalue weighted by molar-refractivity contribution is 0.231. The zero-order chi connectivity index (χ0) is 21.8. The smallest absolute Gasteiger partial charge is 0.211 e. The van der Waals surface area contributed by atoms with Crippen LogP contribution in [0, 0.1) is 5.41 Å². The number of imidazole rings is 1. The number of fused-ring (bicyclic) bond motifs is 3. The van der Waals surface area contributed by atoms with Crippen LogP contribution in [0.15, 0.2) is 76.4 Å². The predicted molar refractivity (Wildman–Crippen MR) is 134 cm³/mol. The molecule has 1 fully saturated rings. The van der Waals surface area contributed by atoms with Crippen molar-refractivity contribution in [1.29, 1.82) is 0 Å². The first-order valence-corrected chi connectivity index (χ1v) is 13.1. The van der Waals surface area contributed by atoms with Crippen molar-refractivity contribution in [1.82, 2.24) is 19.4 Å². The lowest BCUT2D eigenvalue weighted by Gasteiger charge is -2.40. The Morgan fingerprint density at radius 3 is 2.52 bits per heavy atom. The number of hydrogen-bond donors (Lipinski definition) is 0. The van der Waals surface area contributed by atoms with Crippen LogP contribution in [0.4, 0.5) is 5.95 Å². The molecule has 33 heavy (non-hydrogen) atoms. The highest BCUT2D eigenvalue weighted by atomic mass is 32.2. The van der Waals surface area contributed by atoms with Crippen molar-refractivity contribution in [2.45, 2.75) is 35.5 Å². The van der Waals surface area contributed by atoms with Crippen LogP contribution >= 0.6 is 23.1 Å². The number of hydrogen-bond acceptors (Lipinski definition) is 6. The molecule has 0 unspecified atom stereocenters. The van der Waals surface area contributed by atoms with E-state index in [1.54, 1.807) is 34.2 Å². The van der Waals surface area contributed by atoms with Crippen LogP contribution < -0.4 is 4.90 Å². The highest BCUT2D eigenvalue weighted by Gasteiger charge is 2.40. The minimum atomic E-state index is 0.428. The molecular weight excluding hydrogens is 446 g/mol. The average molecular weight is 470 g/mol. The molecule has 0 amide bonds. The average Bonchev–Trinajstić information content (AvgIpc) is 3.58. The Morgan fingerprint density at radius 1 is 0.879 bits per heavy atom. The highest BCUT2D eigenvalue weighted by molar-refractivity contribution is 7.99. The lowest BCUT2D eigenvalue weighted by atomic mass is 9.76. The van der Waals surface area contributed by atoms with Gasteiger partial charge in [-0.3, -0.25) is 4.40 Å². The molecule has 0 bridgehead atoms. The number of nitrogens with zero attached hydrogens (tertiary/aromatic N) is 5. The van der Waals surface area contributed by atoms with Gasteiger partial charge in [-0.2, -0.15) is 0 Å². The van der Waals surface area contributed by atoms with E-state index in [1.807, 2.05) is 24.8 Å². The van der Waals surface area contributed by atoms with Crippen molar-refractivity contribution in [3.8, 4) is 0 Å². The summed E-state index contributed by atoms with van der Waals surface area (Å²) in [6, 6.07) is 13.2. The third-order valence-electron chi connectivity index (χ3n) is 7.28. The molecular formula is C26H23N5S2. The van der Waals surface area contributed by atoms with Gasteiger partial charge in [0.15, 0.2) is 5.65 Å². The first-order chi connectivity index (χ1) is 16.3. The van der Waals surface area contributed by atoms with E-state index in [4.69, 9.17) is 9.97 Å². The first kappa shape index (κ1) is 19.6. The maximum absolute atomic E-state index is 4.94. The summed E-state index contributed by atoms with van der Waals surface area (Å²) in [6.07, 6.45) is 12.7. The highest BCUT2D eigenvalue weighted by Crippen LogP contribution is 2.45. The molecule has 4 aromatic heterocycles. The van der Waals surface area contributed by atoms with Gasteiger partial charge < -0.3 is 4.90 Å². The van der Waals surface area contributed by atoms with Gasteiger partial charge in [0.05, 0.1) is 4.90 Å². The third-order valence-corrected chi connectivity index (χ3v) is 9.18. The second-order valence-electron chi connectivity index (χ2n) is 9.20. The van der Waals surface area contributed by atoms with Crippen molar-refractivity contribution < 1.29 is 0 Å². The molecule has 5 aromatic rings.